The molecule has 0 bridgehead atoms. The summed E-state index contributed by atoms with van der Waals surface area (Å²) in [6, 6.07) is 6.69. The van der Waals surface area contributed by atoms with Gasteiger partial charge in [-0.1, -0.05) is 25.0 Å². The summed E-state index contributed by atoms with van der Waals surface area (Å²) in [5.41, 5.74) is 1.98. The maximum Gasteiger partial charge on any atom is 0.329 e. The highest BCUT2D eigenvalue weighted by molar-refractivity contribution is 6.07. The van der Waals surface area contributed by atoms with Crippen LogP contribution in [0.25, 0.3) is 0 Å². The number of likely N-dealkylation sites (tertiary alicyclic amines) is 1. The van der Waals surface area contributed by atoms with Crippen LogP contribution in [0.1, 0.15) is 38.2 Å². The number of amides is 3. The maximum atomic E-state index is 12.6. The Morgan fingerprint density at radius 2 is 1.67 bits per heavy atom. The van der Waals surface area contributed by atoms with Gasteiger partial charge >= 0.3 is 5.97 Å². The molecule has 0 radical (unpaired) electrons. The molecule has 1 aromatic carbocycles. The van der Waals surface area contributed by atoms with Gasteiger partial charge in [-0.3, -0.25) is 19.3 Å². The van der Waals surface area contributed by atoms with Crippen molar-refractivity contribution in [1.82, 2.24) is 10.2 Å². The van der Waals surface area contributed by atoms with Crippen LogP contribution in [0, 0.1) is 11.8 Å². The number of fused-ring (bicyclic) bond motifs is 1. The number of nitrogens with one attached hydrogen (secondary N) is 1. The first-order valence-electron chi connectivity index (χ1n) is 10.4. The van der Waals surface area contributed by atoms with Crippen molar-refractivity contribution in [2.75, 3.05) is 25.6 Å². The third-order valence-electron chi connectivity index (χ3n) is 5.89. The van der Waals surface area contributed by atoms with Crippen LogP contribution < -0.4 is 10.2 Å². The first-order valence-corrected chi connectivity index (χ1v) is 10.4. The number of nitrogens with zero attached hydrogens (tertiary/aromatic N) is 2. The Hall–Kier alpha value is -2.90. The molecule has 1 aliphatic heterocycles. The van der Waals surface area contributed by atoms with Crippen molar-refractivity contribution in [2.24, 2.45) is 11.8 Å². The van der Waals surface area contributed by atoms with E-state index >= 15 is 0 Å². The van der Waals surface area contributed by atoms with E-state index in [0.717, 1.165) is 29.0 Å². The van der Waals surface area contributed by atoms with Crippen LogP contribution in [0.2, 0.25) is 0 Å². The van der Waals surface area contributed by atoms with Gasteiger partial charge in [-0.05, 0) is 37.5 Å². The smallest absolute Gasteiger partial charge is 0.329 e. The van der Waals surface area contributed by atoms with Crippen LogP contribution in [-0.2, 0) is 30.5 Å². The molecule has 2 aliphatic rings. The zero-order valence-electron chi connectivity index (χ0n) is 17.7. The van der Waals surface area contributed by atoms with Gasteiger partial charge in [0.15, 0.2) is 6.61 Å². The van der Waals surface area contributed by atoms with Gasteiger partial charge in [0.25, 0.3) is 5.91 Å². The van der Waals surface area contributed by atoms with E-state index in [-0.39, 0.29) is 23.7 Å². The second-order valence-electron chi connectivity index (χ2n) is 8.17. The molecule has 162 valence electrons. The molecule has 1 aromatic rings. The number of ether oxygens (including phenoxy) is 1. The Labute approximate surface area is 176 Å². The fourth-order valence-electron chi connectivity index (χ4n) is 4.10. The topological polar surface area (TPSA) is 96.0 Å². The molecular weight excluding hydrogens is 386 g/mol. The number of esters is 1. The predicted molar refractivity (Wildman–Crippen MR) is 110 cm³/mol. The molecule has 0 unspecified atom stereocenters. The molecule has 0 aromatic heterocycles. The van der Waals surface area contributed by atoms with E-state index in [1.54, 1.807) is 0 Å². The Morgan fingerprint density at radius 3 is 2.20 bits per heavy atom. The number of carbonyl (C=O) groups is 4. The van der Waals surface area contributed by atoms with Crippen LogP contribution in [0.15, 0.2) is 24.3 Å². The number of carbonyl (C=O) groups excluding carboxylic acids is 4. The first-order chi connectivity index (χ1) is 14.3. The third kappa shape index (κ3) is 4.63. The van der Waals surface area contributed by atoms with Crippen LogP contribution >= 0.6 is 0 Å². The fourth-order valence-corrected chi connectivity index (χ4v) is 4.10. The lowest BCUT2D eigenvalue weighted by atomic mass is 9.81. The Bertz CT molecular complexity index is 797. The van der Waals surface area contributed by atoms with Crippen LogP contribution in [-0.4, -0.2) is 55.3 Å². The van der Waals surface area contributed by atoms with Gasteiger partial charge < -0.3 is 15.0 Å². The summed E-state index contributed by atoms with van der Waals surface area (Å²) in [4.78, 5) is 52.5. The van der Waals surface area contributed by atoms with E-state index in [4.69, 9.17) is 4.74 Å². The van der Waals surface area contributed by atoms with Gasteiger partial charge in [0, 0.05) is 26.3 Å². The van der Waals surface area contributed by atoms with Crippen LogP contribution in [0.4, 0.5) is 5.69 Å². The highest BCUT2D eigenvalue weighted by Crippen LogP contribution is 2.38. The molecule has 8 heteroatoms. The lowest BCUT2D eigenvalue weighted by Gasteiger charge is -2.21. The van der Waals surface area contributed by atoms with E-state index in [2.05, 4.69) is 5.32 Å². The number of hydrogen-bond acceptors (Lipinski definition) is 6. The molecule has 1 aliphatic carbocycles. The minimum atomic E-state index is -1.03. The number of hydrogen-bond donors (Lipinski definition) is 1. The van der Waals surface area contributed by atoms with E-state index in [0.29, 0.717) is 19.4 Å². The number of imide groups is 1. The van der Waals surface area contributed by atoms with Gasteiger partial charge in [-0.2, -0.15) is 0 Å². The molecule has 30 heavy (non-hydrogen) atoms. The highest BCUT2D eigenvalue weighted by atomic mass is 16.5. The molecule has 3 rings (SSSR count). The molecule has 8 nitrogen and oxygen atoms in total. The number of rotatable bonds is 7. The second kappa shape index (κ2) is 9.28. The minimum absolute atomic E-state index is 0.292. The summed E-state index contributed by atoms with van der Waals surface area (Å²) in [7, 11) is 3.90. The van der Waals surface area contributed by atoms with E-state index < -0.39 is 24.5 Å². The third-order valence-corrected chi connectivity index (χ3v) is 5.89. The lowest BCUT2D eigenvalue weighted by molar-refractivity contribution is -0.159. The maximum absolute atomic E-state index is 12.6. The van der Waals surface area contributed by atoms with Crippen molar-refractivity contribution in [3.05, 3.63) is 29.8 Å². The molecule has 2 fully saturated rings. The summed E-state index contributed by atoms with van der Waals surface area (Å²) in [6.45, 7) is 1.33. The fraction of sp³-hybridized carbons (Fsp3) is 0.545. The predicted octanol–water partition coefficient (Wildman–Crippen LogP) is 1.48. The van der Waals surface area contributed by atoms with Crippen molar-refractivity contribution in [1.29, 1.82) is 0 Å². The zero-order valence-corrected chi connectivity index (χ0v) is 17.7. The molecule has 1 saturated heterocycles. The molecule has 1 saturated carbocycles. The van der Waals surface area contributed by atoms with Crippen molar-refractivity contribution in [2.45, 2.75) is 45.2 Å². The highest BCUT2D eigenvalue weighted by Gasteiger charge is 2.51. The second-order valence-corrected chi connectivity index (χ2v) is 8.17. The SMILES string of the molecule is C[C@@H](C(=O)OCC(=O)NCc1ccc(N(C)C)cc1)N1C(=O)[C@@H]2CCCC[C@H]2C1=O. The Kier molecular flexibility index (Phi) is 6.74. The average Bonchev–Trinajstić information content (AvgIpc) is 3.00. The molecule has 1 heterocycles. The normalized spacial score (nSPS) is 21.8. The molecule has 0 spiro atoms. The van der Waals surface area contributed by atoms with Gasteiger partial charge in [-0.25, -0.2) is 4.79 Å². The monoisotopic (exact) mass is 415 g/mol. The molecular formula is C22H29N3O5. The average molecular weight is 415 g/mol. The first kappa shape index (κ1) is 21.8. The van der Waals surface area contributed by atoms with Gasteiger partial charge in [0.1, 0.15) is 6.04 Å². The standard InChI is InChI=1S/C22H29N3O5/c1-14(25-20(27)17-6-4-5-7-18(17)21(25)28)22(29)30-13-19(26)23-12-15-8-10-16(11-9-15)24(2)3/h8-11,14,17-18H,4-7,12-13H2,1-3H3,(H,23,26)/t14-,17+,18+/m0/s1. The summed E-state index contributed by atoms with van der Waals surface area (Å²) >= 11 is 0. The van der Waals surface area contributed by atoms with Crippen molar-refractivity contribution >= 4 is 29.4 Å². The summed E-state index contributed by atoms with van der Waals surface area (Å²) in [5, 5.41) is 2.69. The van der Waals surface area contributed by atoms with Gasteiger partial charge in [0.05, 0.1) is 11.8 Å². The summed E-state index contributed by atoms with van der Waals surface area (Å²) in [6.07, 6.45) is 3.21. The summed E-state index contributed by atoms with van der Waals surface area (Å²) in [5.74, 6) is -2.41. The van der Waals surface area contributed by atoms with Crippen molar-refractivity contribution < 1.29 is 23.9 Å². The molecule has 1 N–H and O–H groups in total. The van der Waals surface area contributed by atoms with Crippen molar-refractivity contribution in [3.63, 3.8) is 0 Å². The Morgan fingerprint density at radius 1 is 1.10 bits per heavy atom. The summed E-state index contributed by atoms with van der Waals surface area (Å²) < 4.78 is 5.06. The largest absolute Gasteiger partial charge is 0.454 e. The molecule has 3 atom stereocenters. The Balaban J connectivity index is 1.47. The van der Waals surface area contributed by atoms with Crippen LogP contribution in [0.5, 0.6) is 0 Å². The van der Waals surface area contributed by atoms with Crippen LogP contribution in [0.3, 0.4) is 0 Å². The molecule has 3 amide bonds. The number of anilines is 1. The minimum Gasteiger partial charge on any atom is -0.454 e. The zero-order chi connectivity index (χ0) is 21.8. The quantitative estimate of drug-likeness (QED) is 0.535. The van der Waals surface area contributed by atoms with Gasteiger partial charge in [-0.15, -0.1) is 0 Å². The van der Waals surface area contributed by atoms with Crippen molar-refractivity contribution in [3.8, 4) is 0 Å². The van der Waals surface area contributed by atoms with E-state index in [1.807, 2.05) is 43.3 Å². The lowest BCUT2D eigenvalue weighted by Crippen LogP contribution is -2.45. The van der Waals surface area contributed by atoms with Gasteiger partial charge in [0.2, 0.25) is 11.8 Å². The van der Waals surface area contributed by atoms with E-state index in [1.165, 1.54) is 6.92 Å². The number of benzene rings is 1. The van der Waals surface area contributed by atoms with E-state index in [9.17, 15) is 19.2 Å².